The molecule has 1 N–H and O–H groups in total. The quantitative estimate of drug-likeness (QED) is 0.896. The monoisotopic (exact) mass is 324 g/mol. The molecule has 3 rings (SSSR count). The highest BCUT2D eigenvalue weighted by Crippen LogP contribution is 2.26. The molecule has 1 saturated heterocycles. The number of piperidine rings is 1. The fourth-order valence-electron chi connectivity index (χ4n) is 2.99. The summed E-state index contributed by atoms with van der Waals surface area (Å²) in [4.78, 5) is 12.0. The Labute approximate surface area is 145 Å². The Morgan fingerprint density at radius 3 is 2.33 bits per heavy atom. The van der Waals surface area contributed by atoms with Gasteiger partial charge in [-0.2, -0.15) is 4.98 Å². The Balaban J connectivity index is 1.96. The molecular formula is C20H28N4. The number of rotatable bonds is 3. The zero-order valence-electron chi connectivity index (χ0n) is 15.2. The molecule has 24 heavy (non-hydrogen) atoms. The van der Waals surface area contributed by atoms with Gasteiger partial charge in [0.15, 0.2) is 0 Å². The number of hydrogen-bond donors (Lipinski definition) is 1. The van der Waals surface area contributed by atoms with Gasteiger partial charge in [-0.3, -0.25) is 0 Å². The summed E-state index contributed by atoms with van der Waals surface area (Å²) in [5.74, 6) is 2.53. The van der Waals surface area contributed by atoms with Gasteiger partial charge in [0.2, 0.25) is 5.95 Å². The fourth-order valence-corrected chi connectivity index (χ4v) is 2.99. The van der Waals surface area contributed by atoms with Crippen molar-refractivity contribution in [1.29, 1.82) is 0 Å². The van der Waals surface area contributed by atoms with Crippen LogP contribution in [0.1, 0.15) is 40.5 Å². The second-order valence-corrected chi connectivity index (χ2v) is 7.85. The van der Waals surface area contributed by atoms with E-state index in [0.29, 0.717) is 0 Å². The van der Waals surface area contributed by atoms with Gasteiger partial charge < -0.3 is 10.2 Å². The van der Waals surface area contributed by atoms with Gasteiger partial charge in [-0.1, -0.05) is 37.3 Å². The van der Waals surface area contributed by atoms with Crippen LogP contribution in [0.2, 0.25) is 0 Å². The van der Waals surface area contributed by atoms with Crippen LogP contribution < -0.4 is 10.2 Å². The largest absolute Gasteiger partial charge is 0.365 e. The number of benzene rings is 1. The van der Waals surface area contributed by atoms with Crippen LogP contribution in [0, 0.1) is 5.92 Å². The van der Waals surface area contributed by atoms with E-state index in [0.717, 1.165) is 42.0 Å². The molecule has 0 saturated carbocycles. The number of nitrogens with one attached hydrogen (secondary N) is 1. The minimum Gasteiger partial charge on any atom is -0.365 e. The maximum atomic E-state index is 4.86. The summed E-state index contributed by atoms with van der Waals surface area (Å²) in [5.41, 5.74) is 2.07. The van der Waals surface area contributed by atoms with Gasteiger partial charge in [-0.05, 0) is 39.5 Å². The number of anilines is 2. The predicted molar refractivity (Wildman–Crippen MR) is 101 cm³/mol. The first-order valence-corrected chi connectivity index (χ1v) is 8.88. The topological polar surface area (TPSA) is 41.1 Å². The van der Waals surface area contributed by atoms with Crippen molar-refractivity contribution >= 4 is 11.8 Å². The Kier molecular flexibility index (Phi) is 4.74. The highest BCUT2D eigenvalue weighted by Gasteiger charge is 2.20. The van der Waals surface area contributed by atoms with Gasteiger partial charge >= 0.3 is 0 Å². The van der Waals surface area contributed by atoms with Crippen molar-refractivity contribution in [1.82, 2.24) is 9.97 Å². The van der Waals surface area contributed by atoms with Crippen molar-refractivity contribution in [2.24, 2.45) is 5.92 Å². The molecule has 2 aromatic rings. The third kappa shape index (κ3) is 4.25. The molecule has 1 aromatic carbocycles. The van der Waals surface area contributed by atoms with Crippen LogP contribution in [0.5, 0.6) is 0 Å². The first kappa shape index (κ1) is 16.7. The molecule has 1 aromatic heterocycles. The smallest absolute Gasteiger partial charge is 0.227 e. The molecular weight excluding hydrogens is 296 g/mol. The Morgan fingerprint density at radius 1 is 1.04 bits per heavy atom. The summed E-state index contributed by atoms with van der Waals surface area (Å²) >= 11 is 0. The molecule has 0 radical (unpaired) electrons. The maximum Gasteiger partial charge on any atom is 0.227 e. The Hall–Kier alpha value is -2.10. The molecule has 4 heteroatoms. The highest BCUT2D eigenvalue weighted by atomic mass is 15.3. The lowest BCUT2D eigenvalue weighted by Gasteiger charge is -2.31. The molecule has 1 aliphatic heterocycles. The van der Waals surface area contributed by atoms with Crippen molar-refractivity contribution in [2.45, 2.75) is 46.1 Å². The van der Waals surface area contributed by atoms with Crippen LogP contribution in [0.15, 0.2) is 36.4 Å². The molecule has 0 atom stereocenters. The van der Waals surface area contributed by atoms with E-state index in [1.165, 1.54) is 12.8 Å². The second kappa shape index (κ2) is 6.80. The third-order valence-electron chi connectivity index (χ3n) is 4.35. The van der Waals surface area contributed by atoms with Crippen molar-refractivity contribution in [3.63, 3.8) is 0 Å². The molecule has 0 unspecified atom stereocenters. The highest BCUT2D eigenvalue weighted by molar-refractivity contribution is 5.64. The fraction of sp³-hybridized carbons (Fsp3) is 0.500. The van der Waals surface area contributed by atoms with E-state index in [1.807, 2.05) is 6.07 Å². The van der Waals surface area contributed by atoms with Crippen molar-refractivity contribution in [3.05, 3.63) is 36.4 Å². The summed E-state index contributed by atoms with van der Waals surface area (Å²) in [5, 5.41) is 3.50. The lowest BCUT2D eigenvalue weighted by atomic mass is 10.00. The second-order valence-electron chi connectivity index (χ2n) is 7.85. The SMILES string of the molecule is CC1CCN(c2nc(NC(C)(C)C)cc(-c3ccccc3)n2)CC1. The summed E-state index contributed by atoms with van der Waals surface area (Å²) in [6, 6.07) is 12.4. The number of hydrogen-bond acceptors (Lipinski definition) is 4. The Morgan fingerprint density at radius 2 is 1.71 bits per heavy atom. The maximum absolute atomic E-state index is 4.86. The zero-order chi connectivity index (χ0) is 17.2. The van der Waals surface area contributed by atoms with E-state index in [2.05, 4.69) is 68.2 Å². The molecule has 0 aliphatic carbocycles. The van der Waals surface area contributed by atoms with Crippen LogP contribution in [-0.2, 0) is 0 Å². The molecule has 128 valence electrons. The molecule has 0 bridgehead atoms. The molecule has 0 amide bonds. The van der Waals surface area contributed by atoms with Gasteiger partial charge in [-0.15, -0.1) is 0 Å². The van der Waals surface area contributed by atoms with E-state index >= 15 is 0 Å². The summed E-state index contributed by atoms with van der Waals surface area (Å²) < 4.78 is 0. The summed E-state index contributed by atoms with van der Waals surface area (Å²) in [6.07, 6.45) is 2.42. The molecule has 1 aliphatic rings. The molecule has 1 fully saturated rings. The minimum atomic E-state index is -0.0318. The van der Waals surface area contributed by atoms with Crippen LogP contribution in [0.25, 0.3) is 11.3 Å². The predicted octanol–water partition coefficient (Wildman–Crippen LogP) is 4.59. The Bertz CT molecular complexity index is 668. The lowest BCUT2D eigenvalue weighted by molar-refractivity contribution is 0.434. The first-order valence-electron chi connectivity index (χ1n) is 8.88. The van der Waals surface area contributed by atoms with Gasteiger partial charge in [0, 0.05) is 30.3 Å². The van der Waals surface area contributed by atoms with Crippen LogP contribution in [0.3, 0.4) is 0 Å². The van der Waals surface area contributed by atoms with Gasteiger partial charge in [0.25, 0.3) is 0 Å². The van der Waals surface area contributed by atoms with Crippen LogP contribution in [0.4, 0.5) is 11.8 Å². The first-order chi connectivity index (χ1) is 11.4. The van der Waals surface area contributed by atoms with E-state index in [1.54, 1.807) is 0 Å². The molecule has 2 heterocycles. The zero-order valence-corrected chi connectivity index (χ0v) is 15.2. The summed E-state index contributed by atoms with van der Waals surface area (Å²) in [7, 11) is 0. The van der Waals surface area contributed by atoms with Crippen molar-refractivity contribution in [3.8, 4) is 11.3 Å². The van der Waals surface area contributed by atoms with E-state index in [-0.39, 0.29) is 5.54 Å². The third-order valence-corrected chi connectivity index (χ3v) is 4.35. The lowest BCUT2D eigenvalue weighted by Crippen LogP contribution is -2.34. The number of aromatic nitrogens is 2. The van der Waals surface area contributed by atoms with Crippen LogP contribution in [-0.4, -0.2) is 28.6 Å². The standard InChI is InChI=1S/C20H28N4/c1-15-10-12-24(13-11-15)19-21-17(16-8-6-5-7-9-16)14-18(22-19)23-20(2,3)4/h5-9,14-15H,10-13H2,1-4H3,(H,21,22,23). The van der Waals surface area contributed by atoms with Gasteiger partial charge in [0.05, 0.1) is 5.69 Å². The van der Waals surface area contributed by atoms with Crippen molar-refractivity contribution in [2.75, 3.05) is 23.3 Å². The average Bonchev–Trinajstić information content (AvgIpc) is 2.54. The van der Waals surface area contributed by atoms with E-state index in [9.17, 15) is 0 Å². The van der Waals surface area contributed by atoms with Crippen LogP contribution >= 0.6 is 0 Å². The normalized spacial score (nSPS) is 16.2. The van der Waals surface area contributed by atoms with E-state index in [4.69, 9.17) is 9.97 Å². The average molecular weight is 324 g/mol. The minimum absolute atomic E-state index is 0.0318. The number of nitrogens with zero attached hydrogens (tertiary/aromatic N) is 3. The van der Waals surface area contributed by atoms with E-state index < -0.39 is 0 Å². The molecule has 0 spiro atoms. The van der Waals surface area contributed by atoms with Gasteiger partial charge in [0.1, 0.15) is 5.82 Å². The van der Waals surface area contributed by atoms with Gasteiger partial charge in [-0.25, -0.2) is 4.98 Å². The summed E-state index contributed by atoms with van der Waals surface area (Å²) in [6.45, 7) is 10.9. The molecule has 4 nitrogen and oxygen atoms in total. The van der Waals surface area contributed by atoms with Crippen molar-refractivity contribution < 1.29 is 0 Å².